The Hall–Kier alpha value is -3.81. The Labute approximate surface area is 192 Å². The molecule has 1 fully saturated rings. The summed E-state index contributed by atoms with van der Waals surface area (Å²) in [5.41, 5.74) is 4.52. The molecule has 8 heteroatoms. The minimum atomic E-state index is -0.287. The number of fused-ring (bicyclic) bond motifs is 1. The fourth-order valence-corrected chi connectivity index (χ4v) is 4.20. The summed E-state index contributed by atoms with van der Waals surface area (Å²) in [6, 6.07) is 12.5. The number of rotatable bonds is 6. The van der Waals surface area contributed by atoms with Gasteiger partial charge in [0.2, 0.25) is 5.95 Å². The van der Waals surface area contributed by atoms with Gasteiger partial charge in [0.25, 0.3) is 0 Å². The number of aliphatic imine (C=N–C) groups is 1. The predicted octanol–water partition coefficient (Wildman–Crippen LogP) is 5.17. The number of nitrogens with zero attached hydrogens (tertiary/aromatic N) is 6. The number of aromatic nitrogens is 4. The van der Waals surface area contributed by atoms with E-state index in [4.69, 9.17) is 9.97 Å². The first kappa shape index (κ1) is 21.1. The van der Waals surface area contributed by atoms with E-state index in [9.17, 15) is 4.39 Å². The lowest BCUT2D eigenvalue weighted by Gasteiger charge is -2.12. The van der Waals surface area contributed by atoms with Gasteiger partial charge in [-0.3, -0.25) is 4.40 Å². The van der Waals surface area contributed by atoms with Gasteiger partial charge >= 0.3 is 0 Å². The second-order valence-electron chi connectivity index (χ2n) is 8.50. The maximum Gasteiger partial charge on any atom is 0.223 e. The number of nitrogens with one attached hydrogen (secondary N) is 1. The summed E-state index contributed by atoms with van der Waals surface area (Å²) in [6.45, 7) is 0. The first-order valence-corrected chi connectivity index (χ1v) is 11.2. The zero-order valence-electron chi connectivity index (χ0n) is 18.7. The summed E-state index contributed by atoms with van der Waals surface area (Å²) in [6.07, 6.45) is 10.2. The molecule has 0 amide bonds. The minimum absolute atomic E-state index is 0.287. The molecule has 0 unspecified atom stereocenters. The first-order chi connectivity index (χ1) is 16.1. The number of anilines is 1. The molecule has 3 aromatic heterocycles. The van der Waals surface area contributed by atoms with Crippen molar-refractivity contribution in [3.63, 3.8) is 0 Å². The van der Waals surface area contributed by atoms with Crippen molar-refractivity contribution in [1.82, 2.24) is 24.3 Å². The molecular weight excluding hydrogens is 417 g/mol. The molecule has 0 spiro atoms. The third-order valence-corrected chi connectivity index (χ3v) is 5.76. The Balaban J connectivity index is 1.67. The van der Waals surface area contributed by atoms with Crippen LogP contribution in [0.25, 0.3) is 28.3 Å². The Bertz CT molecular complexity index is 1290. The first-order valence-electron chi connectivity index (χ1n) is 11.2. The van der Waals surface area contributed by atoms with Crippen molar-refractivity contribution in [2.45, 2.75) is 31.7 Å². The van der Waals surface area contributed by atoms with Crippen LogP contribution in [0.1, 0.15) is 25.7 Å². The summed E-state index contributed by atoms with van der Waals surface area (Å²) < 4.78 is 15.6. The monoisotopic (exact) mass is 443 g/mol. The summed E-state index contributed by atoms with van der Waals surface area (Å²) in [7, 11) is 3.84. The molecule has 5 rings (SSSR count). The van der Waals surface area contributed by atoms with E-state index < -0.39 is 0 Å². The lowest BCUT2D eigenvalue weighted by Crippen LogP contribution is -2.16. The second-order valence-corrected chi connectivity index (χ2v) is 8.50. The van der Waals surface area contributed by atoms with E-state index in [-0.39, 0.29) is 5.82 Å². The Morgan fingerprint density at radius 1 is 1.09 bits per heavy atom. The van der Waals surface area contributed by atoms with E-state index >= 15 is 0 Å². The highest BCUT2D eigenvalue weighted by Crippen LogP contribution is 2.35. The SMILES string of the molecule is CN(C)/C=N\c1cccn2c(-c3ccnc(NC4CCCC4)n3)c(-c3ccc(F)cc3)nc12. The molecular formula is C25H26FN7. The Kier molecular flexibility index (Phi) is 5.73. The van der Waals surface area contributed by atoms with Crippen LogP contribution in [0, 0.1) is 5.82 Å². The van der Waals surface area contributed by atoms with E-state index in [0.717, 1.165) is 35.5 Å². The molecule has 7 nitrogen and oxygen atoms in total. The van der Waals surface area contributed by atoms with Gasteiger partial charge in [0.05, 0.1) is 23.4 Å². The molecule has 4 aromatic rings. The zero-order chi connectivity index (χ0) is 22.8. The number of hydrogen-bond donors (Lipinski definition) is 1. The average Bonchev–Trinajstić information content (AvgIpc) is 3.46. The van der Waals surface area contributed by atoms with Crippen LogP contribution in [-0.4, -0.2) is 50.7 Å². The van der Waals surface area contributed by atoms with Gasteiger partial charge in [0.15, 0.2) is 5.65 Å². The molecule has 1 saturated carbocycles. The highest BCUT2D eigenvalue weighted by atomic mass is 19.1. The van der Waals surface area contributed by atoms with Crippen LogP contribution in [0.5, 0.6) is 0 Å². The lowest BCUT2D eigenvalue weighted by molar-refractivity contribution is 0.628. The summed E-state index contributed by atoms with van der Waals surface area (Å²) in [5.74, 6) is 0.326. The largest absolute Gasteiger partial charge is 0.369 e. The number of pyridine rings is 1. The quantitative estimate of drug-likeness (QED) is 0.329. The van der Waals surface area contributed by atoms with E-state index in [1.54, 1.807) is 24.7 Å². The van der Waals surface area contributed by atoms with Crippen LogP contribution in [-0.2, 0) is 0 Å². The number of hydrogen-bond acceptors (Lipinski definition) is 5. The van der Waals surface area contributed by atoms with Crippen molar-refractivity contribution in [2.24, 2.45) is 4.99 Å². The highest BCUT2D eigenvalue weighted by Gasteiger charge is 2.21. The van der Waals surface area contributed by atoms with Gasteiger partial charge in [-0.2, -0.15) is 0 Å². The van der Waals surface area contributed by atoms with Crippen LogP contribution < -0.4 is 5.32 Å². The number of benzene rings is 1. The normalized spacial score (nSPS) is 14.4. The van der Waals surface area contributed by atoms with E-state index in [2.05, 4.69) is 15.3 Å². The van der Waals surface area contributed by atoms with Crippen molar-refractivity contribution in [2.75, 3.05) is 19.4 Å². The van der Waals surface area contributed by atoms with Gasteiger partial charge in [-0.15, -0.1) is 0 Å². The van der Waals surface area contributed by atoms with Crippen molar-refractivity contribution in [1.29, 1.82) is 0 Å². The molecule has 1 aliphatic carbocycles. The third-order valence-electron chi connectivity index (χ3n) is 5.76. The van der Waals surface area contributed by atoms with Crippen LogP contribution >= 0.6 is 0 Å². The second kappa shape index (κ2) is 8.97. The summed E-state index contributed by atoms with van der Waals surface area (Å²) in [5, 5.41) is 3.47. The topological polar surface area (TPSA) is 70.7 Å². The molecule has 0 saturated heterocycles. The number of halogens is 1. The predicted molar refractivity (Wildman–Crippen MR) is 129 cm³/mol. The third kappa shape index (κ3) is 4.41. The fraction of sp³-hybridized carbons (Fsp3) is 0.280. The molecule has 1 N–H and O–H groups in total. The summed E-state index contributed by atoms with van der Waals surface area (Å²) >= 11 is 0. The van der Waals surface area contributed by atoms with Gasteiger partial charge in [0.1, 0.15) is 11.5 Å². The Morgan fingerprint density at radius 3 is 2.64 bits per heavy atom. The lowest BCUT2D eigenvalue weighted by atomic mass is 10.1. The average molecular weight is 444 g/mol. The van der Waals surface area contributed by atoms with Gasteiger partial charge in [-0.25, -0.2) is 24.3 Å². The van der Waals surface area contributed by atoms with Gasteiger partial charge in [0, 0.05) is 38.1 Å². The maximum absolute atomic E-state index is 13.6. The molecule has 1 aliphatic rings. The zero-order valence-corrected chi connectivity index (χ0v) is 18.7. The van der Waals surface area contributed by atoms with Crippen molar-refractivity contribution >= 4 is 23.6 Å². The summed E-state index contributed by atoms with van der Waals surface area (Å²) in [4.78, 5) is 20.7. The molecule has 0 aliphatic heterocycles. The molecule has 168 valence electrons. The smallest absolute Gasteiger partial charge is 0.223 e. The van der Waals surface area contributed by atoms with Gasteiger partial charge < -0.3 is 10.2 Å². The van der Waals surface area contributed by atoms with Crippen LogP contribution in [0.3, 0.4) is 0 Å². The van der Waals surface area contributed by atoms with Crippen LogP contribution in [0.2, 0.25) is 0 Å². The molecule has 0 atom stereocenters. The van der Waals surface area contributed by atoms with Crippen molar-refractivity contribution in [3.8, 4) is 22.6 Å². The van der Waals surface area contributed by atoms with Crippen LogP contribution in [0.4, 0.5) is 16.0 Å². The number of imidazole rings is 1. The van der Waals surface area contributed by atoms with E-state index in [1.807, 2.05) is 47.8 Å². The van der Waals surface area contributed by atoms with Gasteiger partial charge in [-0.1, -0.05) is 12.8 Å². The van der Waals surface area contributed by atoms with E-state index in [0.29, 0.717) is 23.3 Å². The fourth-order valence-electron chi connectivity index (χ4n) is 4.20. The van der Waals surface area contributed by atoms with E-state index in [1.165, 1.54) is 25.0 Å². The molecule has 33 heavy (non-hydrogen) atoms. The molecule has 3 heterocycles. The Morgan fingerprint density at radius 2 is 1.88 bits per heavy atom. The maximum atomic E-state index is 13.6. The van der Waals surface area contributed by atoms with Crippen molar-refractivity contribution in [3.05, 3.63) is 60.7 Å². The minimum Gasteiger partial charge on any atom is -0.369 e. The standard InChI is InChI=1S/C25H26FN7/c1-32(2)16-28-21-8-5-15-33-23(22(31-24(21)33)17-9-11-18(26)12-10-17)20-13-14-27-25(30-20)29-19-6-3-4-7-19/h5,8-16,19H,3-4,6-7H2,1-2H3,(H,27,29,30)/b28-16-. The molecule has 0 bridgehead atoms. The molecule has 1 aromatic carbocycles. The van der Waals surface area contributed by atoms with Crippen LogP contribution in [0.15, 0.2) is 59.9 Å². The van der Waals surface area contributed by atoms with Crippen molar-refractivity contribution < 1.29 is 4.39 Å². The van der Waals surface area contributed by atoms with Gasteiger partial charge in [-0.05, 0) is 55.3 Å². The molecule has 0 radical (unpaired) electrons. The highest BCUT2D eigenvalue weighted by molar-refractivity contribution is 5.84.